The first-order valence-corrected chi connectivity index (χ1v) is 9.89. The Hall–Kier alpha value is -2.67. The van der Waals surface area contributed by atoms with E-state index in [4.69, 9.17) is 11.6 Å². The second-order valence-electron chi connectivity index (χ2n) is 6.80. The lowest BCUT2D eigenvalue weighted by Gasteiger charge is -2.22. The van der Waals surface area contributed by atoms with Gasteiger partial charge in [0.15, 0.2) is 0 Å². The summed E-state index contributed by atoms with van der Waals surface area (Å²) in [5, 5.41) is 10.0. The topological polar surface area (TPSA) is 93.1 Å². The lowest BCUT2D eigenvalue weighted by atomic mass is 10.1. The van der Waals surface area contributed by atoms with E-state index in [-0.39, 0.29) is 41.0 Å². The molecule has 1 aliphatic rings. The maximum absolute atomic E-state index is 12.8. The molecule has 2 amide bonds. The van der Waals surface area contributed by atoms with Crippen LogP contribution in [0.3, 0.4) is 0 Å². The van der Waals surface area contributed by atoms with E-state index >= 15 is 0 Å². The molecule has 1 aromatic carbocycles. The Bertz CT molecular complexity index is 928. The highest BCUT2D eigenvalue weighted by Crippen LogP contribution is 2.31. The molecule has 2 N–H and O–H groups in total. The molecule has 7 nitrogen and oxygen atoms in total. The lowest BCUT2D eigenvalue weighted by Crippen LogP contribution is -2.45. The number of aryl methyl sites for hydroxylation is 1. The molecule has 2 aromatic rings. The van der Waals surface area contributed by atoms with Crippen molar-refractivity contribution < 1.29 is 9.59 Å². The van der Waals surface area contributed by atoms with Gasteiger partial charge in [0.2, 0.25) is 5.91 Å². The number of amides is 2. The molecule has 2 atom stereocenters. The van der Waals surface area contributed by atoms with Crippen LogP contribution in [0.5, 0.6) is 0 Å². The van der Waals surface area contributed by atoms with Crippen LogP contribution in [-0.2, 0) is 17.8 Å². The van der Waals surface area contributed by atoms with Crippen LogP contribution in [0.15, 0.2) is 41.2 Å². The van der Waals surface area contributed by atoms with E-state index in [0.29, 0.717) is 13.0 Å². The predicted molar refractivity (Wildman–Crippen MR) is 106 cm³/mol. The average Bonchev–Trinajstić information content (AvgIpc) is 3.04. The molecule has 0 saturated carbocycles. The Morgan fingerprint density at radius 1 is 1.21 bits per heavy atom. The fourth-order valence-corrected chi connectivity index (χ4v) is 3.48. The number of alkyl halides is 1. The first kappa shape index (κ1) is 20.1. The quantitative estimate of drug-likeness (QED) is 0.690. The SMILES string of the molecule is CCCCn1nc(C(=O)N[C@@H]2Cc3ccccc3[C@H]2NC(=O)CCl)ccc1=O. The molecule has 1 aliphatic carbocycles. The zero-order valence-corrected chi connectivity index (χ0v) is 16.4. The maximum Gasteiger partial charge on any atom is 0.272 e. The molecule has 0 spiro atoms. The Morgan fingerprint density at radius 3 is 2.75 bits per heavy atom. The molecular weight excluding hydrogens is 380 g/mol. The molecule has 1 heterocycles. The lowest BCUT2D eigenvalue weighted by molar-refractivity contribution is -0.119. The van der Waals surface area contributed by atoms with Crippen LogP contribution in [-0.4, -0.2) is 33.5 Å². The predicted octanol–water partition coefficient (Wildman–Crippen LogP) is 1.79. The molecule has 0 bridgehead atoms. The number of rotatable bonds is 7. The Morgan fingerprint density at radius 2 is 2.00 bits per heavy atom. The van der Waals surface area contributed by atoms with Gasteiger partial charge in [0, 0.05) is 12.6 Å². The van der Waals surface area contributed by atoms with Crippen molar-refractivity contribution in [3.05, 3.63) is 63.6 Å². The smallest absolute Gasteiger partial charge is 0.272 e. The highest BCUT2D eigenvalue weighted by molar-refractivity contribution is 6.27. The summed E-state index contributed by atoms with van der Waals surface area (Å²) >= 11 is 5.64. The minimum Gasteiger partial charge on any atom is -0.346 e. The number of halogens is 1. The largest absolute Gasteiger partial charge is 0.346 e. The third-order valence-electron chi connectivity index (χ3n) is 4.81. The van der Waals surface area contributed by atoms with Gasteiger partial charge in [-0.1, -0.05) is 37.6 Å². The molecular formula is C20H23ClN4O3. The number of aromatic nitrogens is 2. The van der Waals surface area contributed by atoms with Gasteiger partial charge in [-0.3, -0.25) is 14.4 Å². The Balaban J connectivity index is 1.79. The fraction of sp³-hybridized carbons (Fsp3) is 0.400. The number of nitrogens with zero attached hydrogens (tertiary/aromatic N) is 2. The number of carbonyl (C=O) groups is 2. The van der Waals surface area contributed by atoms with Gasteiger partial charge in [-0.2, -0.15) is 5.10 Å². The minimum absolute atomic E-state index is 0.150. The average molecular weight is 403 g/mol. The summed E-state index contributed by atoms with van der Waals surface area (Å²) in [5.74, 6) is -0.828. The second kappa shape index (κ2) is 9.01. The van der Waals surface area contributed by atoms with Crippen LogP contribution >= 0.6 is 11.6 Å². The maximum atomic E-state index is 12.8. The number of benzene rings is 1. The summed E-state index contributed by atoms with van der Waals surface area (Å²) in [4.78, 5) is 36.5. The first-order valence-electron chi connectivity index (χ1n) is 9.35. The molecule has 1 aromatic heterocycles. The molecule has 3 rings (SSSR count). The van der Waals surface area contributed by atoms with Crippen LogP contribution in [0, 0.1) is 0 Å². The van der Waals surface area contributed by atoms with Gasteiger partial charge < -0.3 is 10.6 Å². The third-order valence-corrected chi connectivity index (χ3v) is 5.05. The van der Waals surface area contributed by atoms with Crippen molar-refractivity contribution in [2.75, 3.05) is 5.88 Å². The van der Waals surface area contributed by atoms with E-state index in [1.165, 1.54) is 16.8 Å². The second-order valence-corrected chi connectivity index (χ2v) is 7.06. The van der Waals surface area contributed by atoms with E-state index in [1.54, 1.807) is 0 Å². The van der Waals surface area contributed by atoms with Crippen molar-refractivity contribution in [1.82, 2.24) is 20.4 Å². The van der Waals surface area contributed by atoms with E-state index in [1.807, 2.05) is 31.2 Å². The van der Waals surface area contributed by atoms with Crippen molar-refractivity contribution in [3.8, 4) is 0 Å². The van der Waals surface area contributed by atoms with E-state index in [0.717, 1.165) is 24.0 Å². The molecule has 0 aliphatic heterocycles. The zero-order valence-electron chi connectivity index (χ0n) is 15.7. The third kappa shape index (κ3) is 4.42. The monoisotopic (exact) mass is 402 g/mol. The molecule has 0 radical (unpaired) electrons. The van der Waals surface area contributed by atoms with Crippen LogP contribution in [0.1, 0.15) is 47.4 Å². The summed E-state index contributed by atoms with van der Waals surface area (Å²) in [6.45, 7) is 2.49. The van der Waals surface area contributed by atoms with Crippen molar-refractivity contribution in [2.45, 2.75) is 44.8 Å². The fourth-order valence-electron chi connectivity index (χ4n) is 3.40. The summed E-state index contributed by atoms with van der Waals surface area (Å²) in [5.41, 5.74) is 1.97. The number of carbonyl (C=O) groups excluding carboxylic acids is 2. The van der Waals surface area contributed by atoms with E-state index in [2.05, 4.69) is 15.7 Å². The van der Waals surface area contributed by atoms with E-state index in [9.17, 15) is 14.4 Å². The number of fused-ring (bicyclic) bond motifs is 1. The molecule has 148 valence electrons. The van der Waals surface area contributed by atoms with Gasteiger partial charge in [-0.15, -0.1) is 11.6 Å². The van der Waals surface area contributed by atoms with Crippen molar-refractivity contribution >= 4 is 23.4 Å². The van der Waals surface area contributed by atoms with Gasteiger partial charge in [-0.25, -0.2) is 4.68 Å². The number of hydrogen-bond donors (Lipinski definition) is 2. The zero-order chi connectivity index (χ0) is 20.1. The van der Waals surface area contributed by atoms with E-state index < -0.39 is 0 Å². The molecule has 0 saturated heterocycles. The van der Waals surface area contributed by atoms with Crippen LogP contribution in [0.25, 0.3) is 0 Å². The van der Waals surface area contributed by atoms with Crippen molar-refractivity contribution in [1.29, 1.82) is 0 Å². The normalized spacial score (nSPS) is 17.8. The van der Waals surface area contributed by atoms with Gasteiger partial charge in [0.25, 0.3) is 11.5 Å². The summed E-state index contributed by atoms with van der Waals surface area (Å²) < 4.78 is 1.31. The Kier molecular flexibility index (Phi) is 6.46. The number of nitrogens with one attached hydrogen (secondary N) is 2. The standard InChI is InChI=1S/C20H23ClN4O3/c1-2-3-10-25-18(27)9-8-15(24-25)20(28)22-16-11-13-6-4-5-7-14(13)19(16)23-17(26)12-21/h4-9,16,19H,2-3,10-12H2,1H3,(H,22,28)(H,23,26)/t16-,19-/m1/s1. The van der Waals surface area contributed by atoms with Gasteiger partial charge in [0.1, 0.15) is 11.6 Å². The molecule has 0 unspecified atom stereocenters. The van der Waals surface area contributed by atoms with Crippen molar-refractivity contribution in [2.24, 2.45) is 0 Å². The highest BCUT2D eigenvalue weighted by atomic mass is 35.5. The Labute approximate surface area is 168 Å². The first-order chi connectivity index (χ1) is 13.5. The van der Waals surface area contributed by atoms with Crippen molar-refractivity contribution in [3.63, 3.8) is 0 Å². The minimum atomic E-state index is -0.381. The number of hydrogen-bond acceptors (Lipinski definition) is 4. The van der Waals surface area contributed by atoms with Crippen LogP contribution in [0.2, 0.25) is 0 Å². The molecule has 28 heavy (non-hydrogen) atoms. The molecule has 0 fully saturated rings. The number of unbranched alkanes of at least 4 members (excludes halogenated alkanes) is 1. The van der Waals surface area contributed by atoms with Gasteiger partial charge in [-0.05, 0) is 30.0 Å². The van der Waals surface area contributed by atoms with Gasteiger partial charge in [0.05, 0.1) is 12.1 Å². The summed E-state index contributed by atoms with van der Waals surface area (Å²) in [6.07, 6.45) is 2.32. The van der Waals surface area contributed by atoms with Crippen LogP contribution < -0.4 is 16.2 Å². The highest BCUT2D eigenvalue weighted by Gasteiger charge is 2.34. The summed E-state index contributed by atoms with van der Waals surface area (Å²) in [7, 11) is 0. The summed E-state index contributed by atoms with van der Waals surface area (Å²) in [6, 6.07) is 9.83. The van der Waals surface area contributed by atoms with Gasteiger partial charge >= 0.3 is 0 Å². The molecule has 8 heteroatoms. The van der Waals surface area contributed by atoms with Crippen LogP contribution in [0.4, 0.5) is 0 Å².